The number of esters is 1. The third kappa shape index (κ3) is 4.85. The van der Waals surface area contributed by atoms with Gasteiger partial charge < -0.3 is 14.8 Å². The Kier molecular flexibility index (Phi) is 5.61. The molecule has 0 aromatic carbocycles. The third-order valence-electron chi connectivity index (χ3n) is 3.12. The first-order valence-corrected chi connectivity index (χ1v) is 7.58. The molecule has 2 aliphatic heterocycles. The van der Waals surface area contributed by atoms with Crippen molar-refractivity contribution in [2.24, 2.45) is 0 Å². The van der Waals surface area contributed by atoms with Crippen molar-refractivity contribution in [1.29, 1.82) is 0 Å². The average molecular weight is 259 g/mol. The normalized spacial score (nSPS) is 29.9. The van der Waals surface area contributed by atoms with Gasteiger partial charge in [0.15, 0.2) is 0 Å². The van der Waals surface area contributed by atoms with Crippen molar-refractivity contribution in [3.05, 3.63) is 0 Å². The maximum atomic E-state index is 11.6. The summed E-state index contributed by atoms with van der Waals surface area (Å²) in [5.74, 6) is 2.05. The largest absolute Gasteiger partial charge is 0.463 e. The average Bonchev–Trinajstić information content (AvgIpc) is 2.39. The lowest BCUT2D eigenvalue weighted by Gasteiger charge is -2.24. The molecule has 0 aromatic rings. The molecule has 0 spiro atoms. The smallest absolute Gasteiger partial charge is 0.307 e. The van der Waals surface area contributed by atoms with Gasteiger partial charge in [-0.05, 0) is 19.3 Å². The van der Waals surface area contributed by atoms with E-state index in [2.05, 4.69) is 5.32 Å². The van der Waals surface area contributed by atoms with Crippen LogP contribution in [0.1, 0.15) is 25.7 Å². The van der Waals surface area contributed by atoms with E-state index in [1.54, 1.807) is 0 Å². The summed E-state index contributed by atoms with van der Waals surface area (Å²) in [4.78, 5) is 11.6. The Morgan fingerprint density at radius 1 is 1.47 bits per heavy atom. The first-order valence-electron chi connectivity index (χ1n) is 6.43. The topological polar surface area (TPSA) is 47.6 Å². The first-order chi connectivity index (χ1) is 8.34. The van der Waals surface area contributed by atoms with Gasteiger partial charge in [0.1, 0.15) is 6.61 Å². The zero-order valence-electron chi connectivity index (χ0n) is 10.2. The molecule has 0 aromatic heterocycles. The molecule has 0 aliphatic carbocycles. The van der Waals surface area contributed by atoms with E-state index in [0.29, 0.717) is 13.0 Å². The highest BCUT2D eigenvalue weighted by atomic mass is 32.2. The van der Waals surface area contributed by atoms with Gasteiger partial charge in [0, 0.05) is 30.7 Å². The molecule has 0 amide bonds. The van der Waals surface area contributed by atoms with Crippen molar-refractivity contribution < 1.29 is 14.3 Å². The molecule has 2 atom stereocenters. The van der Waals surface area contributed by atoms with E-state index >= 15 is 0 Å². The summed E-state index contributed by atoms with van der Waals surface area (Å²) in [7, 11) is 0. The van der Waals surface area contributed by atoms with Crippen LogP contribution in [0.15, 0.2) is 0 Å². The van der Waals surface area contributed by atoms with Gasteiger partial charge in [-0.1, -0.05) is 0 Å². The predicted octanol–water partition coefficient (Wildman–Crippen LogP) is 1.19. The first kappa shape index (κ1) is 13.2. The molecular formula is C12H21NO3S. The van der Waals surface area contributed by atoms with Crippen molar-refractivity contribution in [1.82, 2.24) is 5.32 Å². The van der Waals surface area contributed by atoms with E-state index in [-0.39, 0.29) is 18.1 Å². The summed E-state index contributed by atoms with van der Waals surface area (Å²) in [6.07, 6.45) is 3.95. The lowest BCUT2D eigenvalue weighted by molar-refractivity contribution is -0.149. The minimum atomic E-state index is -0.0980. The van der Waals surface area contributed by atoms with Crippen molar-refractivity contribution in [3.8, 4) is 0 Å². The fourth-order valence-electron chi connectivity index (χ4n) is 2.14. The van der Waals surface area contributed by atoms with Crippen LogP contribution >= 0.6 is 11.8 Å². The predicted molar refractivity (Wildman–Crippen MR) is 68.3 cm³/mol. The Balaban J connectivity index is 1.59. The quantitative estimate of drug-likeness (QED) is 0.769. The van der Waals surface area contributed by atoms with Gasteiger partial charge in [0.2, 0.25) is 0 Å². The summed E-state index contributed by atoms with van der Waals surface area (Å²) in [5.41, 5.74) is 0. The van der Waals surface area contributed by atoms with Gasteiger partial charge in [-0.3, -0.25) is 4.79 Å². The fourth-order valence-corrected chi connectivity index (χ4v) is 3.08. The summed E-state index contributed by atoms with van der Waals surface area (Å²) in [6, 6.07) is 0.286. The van der Waals surface area contributed by atoms with E-state index in [0.717, 1.165) is 37.5 Å². The summed E-state index contributed by atoms with van der Waals surface area (Å²) < 4.78 is 10.8. The van der Waals surface area contributed by atoms with Gasteiger partial charge >= 0.3 is 5.97 Å². The highest BCUT2D eigenvalue weighted by Gasteiger charge is 2.20. The molecule has 4 nitrogen and oxygen atoms in total. The van der Waals surface area contributed by atoms with E-state index < -0.39 is 0 Å². The number of hydrogen-bond acceptors (Lipinski definition) is 5. The standard InChI is InChI=1S/C12H21NO3S/c14-12(7-10-9-17-6-4-13-10)16-8-11-3-1-2-5-15-11/h10-11,13H,1-9H2. The van der Waals surface area contributed by atoms with Crippen LogP contribution in [0.3, 0.4) is 0 Å². The number of hydrogen-bond donors (Lipinski definition) is 1. The maximum Gasteiger partial charge on any atom is 0.307 e. The zero-order chi connectivity index (χ0) is 11.9. The van der Waals surface area contributed by atoms with Crippen molar-refractivity contribution >= 4 is 17.7 Å². The van der Waals surface area contributed by atoms with Crippen molar-refractivity contribution in [2.45, 2.75) is 37.8 Å². The maximum absolute atomic E-state index is 11.6. The Morgan fingerprint density at radius 3 is 3.12 bits per heavy atom. The van der Waals surface area contributed by atoms with E-state index in [1.807, 2.05) is 11.8 Å². The number of ether oxygens (including phenoxy) is 2. The molecule has 0 saturated carbocycles. The number of thioether (sulfide) groups is 1. The molecule has 17 heavy (non-hydrogen) atoms. The molecule has 2 saturated heterocycles. The lowest BCUT2D eigenvalue weighted by atomic mass is 10.1. The molecule has 5 heteroatoms. The van der Waals surface area contributed by atoms with Crippen LogP contribution in [0, 0.1) is 0 Å². The van der Waals surface area contributed by atoms with Crippen LogP contribution in [0.2, 0.25) is 0 Å². The molecule has 0 bridgehead atoms. The molecular weight excluding hydrogens is 238 g/mol. The van der Waals surface area contributed by atoms with Crippen LogP contribution < -0.4 is 5.32 Å². The van der Waals surface area contributed by atoms with Crippen LogP contribution in [-0.4, -0.2) is 49.4 Å². The fraction of sp³-hybridized carbons (Fsp3) is 0.917. The third-order valence-corrected chi connectivity index (χ3v) is 4.25. The lowest BCUT2D eigenvalue weighted by Crippen LogP contribution is -2.39. The SMILES string of the molecule is O=C(CC1CSCCN1)OCC1CCCCO1. The van der Waals surface area contributed by atoms with E-state index in [1.165, 1.54) is 6.42 Å². The van der Waals surface area contributed by atoms with Crippen LogP contribution in [0.25, 0.3) is 0 Å². The molecule has 1 N–H and O–H groups in total. The van der Waals surface area contributed by atoms with Gasteiger partial charge in [0.25, 0.3) is 0 Å². The van der Waals surface area contributed by atoms with Gasteiger partial charge in [-0.15, -0.1) is 0 Å². The van der Waals surface area contributed by atoms with Gasteiger partial charge in [0.05, 0.1) is 12.5 Å². The number of rotatable bonds is 4. The number of carbonyl (C=O) groups excluding carboxylic acids is 1. The molecule has 98 valence electrons. The summed E-state index contributed by atoms with van der Waals surface area (Å²) >= 11 is 1.90. The van der Waals surface area contributed by atoms with E-state index in [9.17, 15) is 4.79 Å². The minimum Gasteiger partial charge on any atom is -0.463 e. The Hall–Kier alpha value is -0.260. The van der Waals surface area contributed by atoms with Crippen LogP contribution in [0.5, 0.6) is 0 Å². The Morgan fingerprint density at radius 2 is 2.41 bits per heavy atom. The van der Waals surface area contributed by atoms with Crippen molar-refractivity contribution in [3.63, 3.8) is 0 Å². The van der Waals surface area contributed by atoms with Gasteiger partial charge in [-0.25, -0.2) is 0 Å². The highest BCUT2D eigenvalue weighted by molar-refractivity contribution is 7.99. The molecule has 2 heterocycles. The van der Waals surface area contributed by atoms with E-state index in [4.69, 9.17) is 9.47 Å². The van der Waals surface area contributed by atoms with Crippen LogP contribution in [0.4, 0.5) is 0 Å². The molecule has 2 rings (SSSR count). The van der Waals surface area contributed by atoms with Crippen LogP contribution in [-0.2, 0) is 14.3 Å². The monoisotopic (exact) mass is 259 g/mol. The number of nitrogens with one attached hydrogen (secondary N) is 1. The second kappa shape index (κ2) is 7.24. The summed E-state index contributed by atoms with van der Waals surface area (Å²) in [6.45, 7) is 2.23. The molecule has 2 unspecified atom stereocenters. The number of carbonyl (C=O) groups is 1. The van der Waals surface area contributed by atoms with Crippen molar-refractivity contribution in [2.75, 3.05) is 31.3 Å². The Labute approximate surface area is 107 Å². The highest BCUT2D eigenvalue weighted by Crippen LogP contribution is 2.14. The van der Waals surface area contributed by atoms with Gasteiger partial charge in [-0.2, -0.15) is 11.8 Å². The molecule has 0 radical (unpaired) electrons. The minimum absolute atomic E-state index is 0.0980. The summed E-state index contributed by atoms with van der Waals surface area (Å²) in [5, 5.41) is 3.34. The second-order valence-electron chi connectivity index (χ2n) is 4.60. The Bertz CT molecular complexity index is 238. The molecule has 2 aliphatic rings. The molecule has 2 fully saturated rings. The second-order valence-corrected chi connectivity index (χ2v) is 5.75. The zero-order valence-corrected chi connectivity index (χ0v) is 11.0.